The molecule has 1 aromatic rings. The second-order valence-corrected chi connectivity index (χ2v) is 5.52. The number of aryl methyl sites for hydroxylation is 1. The van der Waals surface area contributed by atoms with E-state index in [4.69, 9.17) is 0 Å². The Bertz CT molecular complexity index is 470. The monoisotopic (exact) mass is 261 g/mol. The van der Waals surface area contributed by atoms with Crippen LogP contribution in [0, 0.1) is 6.92 Å². The molecule has 2 heterocycles. The SMILES string of the molecule is CC(=O)N1CCCC[C@H]1c1cnc(N(C)C)cc1C. The van der Waals surface area contributed by atoms with Crippen LogP contribution in [0.25, 0.3) is 0 Å². The zero-order valence-electron chi connectivity index (χ0n) is 12.3. The van der Waals surface area contributed by atoms with E-state index in [9.17, 15) is 4.79 Å². The summed E-state index contributed by atoms with van der Waals surface area (Å²) in [5, 5.41) is 0. The largest absolute Gasteiger partial charge is 0.363 e. The lowest BCUT2D eigenvalue weighted by Crippen LogP contribution is -2.37. The highest BCUT2D eigenvalue weighted by Gasteiger charge is 2.27. The van der Waals surface area contributed by atoms with E-state index in [2.05, 4.69) is 18.0 Å². The Morgan fingerprint density at radius 2 is 2.16 bits per heavy atom. The maximum atomic E-state index is 11.8. The molecule has 4 heteroatoms. The molecular formula is C15H23N3O. The van der Waals surface area contributed by atoms with Gasteiger partial charge in [0.05, 0.1) is 6.04 Å². The molecule has 1 fully saturated rings. The predicted molar refractivity (Wildman–Crippen MR) is 77.3 cm³/mol. The third kappa shape index (κ3) is 2.88. The summed E-state index contributed by atoms with van der Waals surface area (Å²) in [4.78, 5) is 20.3. The van der Waals surface area contributed by atoms with Gasteiger partial charge < -0.3 is 9.80 Å². The normalized spacial score (nSPS) is 19.4. The second-order valence-electron chi connectivity index (χ2n) is 5.52. The molecule has 2 rings (SSSR count). The van der Waals surface area contributed by atoms with Crippen molar-refractivity contribution >= 4 is 11.7 Å². The van der Waals surface area contributed by atoms with Crippen LogP contribution in [0.3, 0.4) is 0 Å². The van der Waals surface area contributed by atoms with E-state index in [-0.39, 0.29) is 11.9 Å². The third-order valence-electron chi connectivity index (χ3n) is 3.86. The number of piperidine rings is 1. The first-order valence-electron chi connectivity index (χ1n) is 6.91. The van der Waals surface area contributed by atoms with Gasteiger partial charge in [0.25, 0.3) is 0 Å². The number of likely N-dealkylation sites (tertiary alicyclic amines) is 1. The fourth-order valence-corrected chi connectivity index (χ4v) is 2.78. The summed E-state index contributed by atoms with van der Waals surface area (Å²) in [6.45, 7) is 4.64. The Kier molecular flexibility index (Phi) is 4.08. The number of anilines is 1. The van der Waals surface area contributed by atoms with E-state index in [0.29, 0.717) is 0 Å². The highest BCUT2D eigenvalue weighted by atomic mass is 16.2. The van der Waals surface area contributed by atoms with Crippen LogP contribution in [0.2, 0.25) is 0 Å². The van der Waals surface area contributed by atoms with E-state index in [1.807, 2.05) is 30.1 Å². The van der Waals surface area contributed by atoms with Gasteiger partial charge in [0.2, 0.25) is 5.91 Å². The van der Waals surface area contributed by atoms with Gasteiger partial charge in [-0.15, -0.1) is 0 Å². The molecule has 0 saturated carbocycles. The van der Waals surface area contributed by atoms with E-state index in [1.54, 1.807) is 6.92 Å². The average Bonchev–Trinajstić information content (AvgIpc) is 2.38. The molecule has 1 aliphatic rings. The van der Waals surface area contributed by atoms with Gasteiger partial charge in [-0.3, -0.25) is 4.79 Å². The van der Waals surface area contributed by atoms with Crippen LogP contribution in [0.15, 0.2) is 12.3 Å². The molecule has 0 unspecified atom stereocenters. The van der Waals surface area contributed by atoms with Crippen molar-refractivity contribution in [2.75, 3.05) is 25.5 Å². The van der Waals surface area contributed by atoms with E-state index in [0.717, 1.165) is 25.2 Å². The van der Waals surface area contributed by atoms with Crippen molar-refractivity contribution < 1.29 is 4.79 Å². The van der Waals surface area contributed by atoms with Gasteiger partial charge in [-0.2, -0.15) is 0 Å². The van der Waals surface area contributed by atoms with Crippen LogP contribution < -0.4 is 4.90 Å². The summed E-state index contributed by atoms with van der Waals surface area (Å²) in [7, 11) is 3.98. The number of hydrogen-bond donors (Lipinski definition) is 0. The summed E-state index contributed by atoms with van der Waals surface area (Å²) in [6, 6.07) is 2.30. The minimum Gasteiger partial charge on any atom is -0.363 e. The zero-order valence-corrected chi connectivity index (χ0v) is 12.3. The lowest BCUT2D eigenvalue weighted by atomic mass is 9.93. The highest BCUT2D eigenvalue weighted by Crippen LogP contribution is 2.33. The van der Waals surface area contributed by atoms with E-state index in [1.165, 1.54) is 17.5 Å². The van der Waals surface area contributed by atoms with Gasteiger partial charge in [-0.05, 0) is 43.4 Å². The minimum atomic E-state index is 0.167. The Labute approximate surface area is 115 Å². The summed E-state index contributed by atoms with van der Waals surface area (Å²) >= 11 is 0. The lowest BCUT2D eigenvalue weighted by Gasteiger charge is -2.36. The molecule has 0 radical (unpaired) electrons. The summed E-state index contributed by atoms with van der Waals surface area (Å²) in [5.41, 5.74) is 2.41. The van der Waals surface area contributed by atoms with Gasteiger partial charge in [0.1, 0.15) is 5.82 Å². The fourth-order valence-electron chi connectivity index (χ4n) is 2.78. The Morgan fingerprint density at radius 1 is 1.42 bits per heavy atom. The van der Waals surface area contributed by atoms with Crippen LogP contribution in [0.4, 0.5) is 5.82 Å². The molecule has 0 bridgehead atoms. The Balaban J connectivity index is 2.31. The van der Waals surface area contributed by atoms with Crippen molar-refractivity contribution in [2.45, 2.75) is 39.2 Å². The first-order chi connectivity index (χ1) is 9.00. The number of rotatable bonds is 2. The number of carbonyl (C=O) groups is 1. The number of amides is 1. The molecule has 1 aliphatic heterocycles. The molecule has 1 aromatic heterocycles. The molecule has 1 amide bonds. The lowest BCUT2D eigenvalue weighted by molar-refractivity contribution is -0.132. The third-order valence-corrected chi connectivity index (χ3v) is 3.86. The van der Waals surface area contributed by atoms with E-state index >= 15 is 0 Å². The maximum Gasteiger partial charge on any atom is 0.219 e. The summed E-state index contributed by atoms with van der Waals surface area (Å²) in [6.07, 6.45) is 5.28. The quantitative estimate of drug-likeness (QED) is 0.821. The van der Waals surface area contributed by atoms with Crippen LogP contribution >= 0.6 is 0 Å². The van der Waals surface area contributed by atoms with Crippen molar-refractivity contribution in [2.24, 2.45) is 0 Å². The second kappa shape index (κ2) is 5.59. The van der Waals surface area contributed by atoms with Gasteiger partial charge in [-0.25, -0.2) is 4.98 Å². The standard InChI is InChI=1S/C15H23N3O/c1-11-9-15(17(3)4)16-10-13(11)14-7-5-6-8-18(14)12(2)19/h9-10,14H,5-8H2,1-4H3/t14-/m0/s1. The van der Waals surface area contributed by atoms with Crippen LogP contribution in [0.5, 0.6) is 0 Å². The van der Waals surface area contributed by atoms with Gasteiger partial charge in [0, 0.05) is 33.8 Å². The first kappa shape index (κ1) is 13.8. The molecule has 0 aromatic carbocycles. The maximum absolute atomic E-state index is 11.8. The Hall–Kier alpha value is -1.58. The minimum absolute atomic E-state index is 0.167. The van der Waals surface area contributed by atoms with Crippen molar-refractivity contribution in [1.82, 2.24) is 9.88 Å². The molecule has 0 N–H and O–H groups in total. The van der Waals surface area contributed by atoms with Crippen LogP contribution in [-0.2, 0) is 4.79 Å². The molecule has 1 atom stereocenters. The smallest absolute Gasteiger partial charge is 0.219 e. The van der Waals surface area contributed by atoms with Crippen molar-refractivity contribution in [1.29, 1.82) is 0 Å². The molecule has 104 valence electrons. The first-order valence-corrected chi connectivity index (χ1v) is 6.91. The zero-order chi connectivity index (χ0) is 14.0. The average molecular weight is 261 g/mol. The van der Waals surface area contributed by atoms with Gasteiger partial charge in [0.15, 0.2) is 0 Å². The number of nitrogens with zero attached hydrogens (tertiary/aromatic N) is 3. The molecule has 0 aliphatic carbocycles. The summed E-state index contributed by atoms with van der Waals surface area (Å²) < 4.78 is 0. The van der Waals surface area contributed by atoms with Gasteiger partial charge in [-0.1, -0.05) is 0 Å². The molecule has 4 nitrogen and oxygen atoms in total. The van der Waals surface area contributed by atoms with E-state index < -0.39 is 0 Å². The number of carbonyl (C=O) groups excluding carboxylic acids is 1. The van der Waals surface area contributed by atoms with Gasteiger partial charge >= 0.3 is 0 Å². The number of hydrogen-bond acceptors (Lipinski definition) is 3. The molecule has 0 spiro atoms. The Morgan fingerprint density at radius 3 is 2.74 bits per heavy atom. The molecule has 1 saturated heterocycles. The topological polar surface area (TPSA) is 36.4 Å². The number of aromatic nitrogens is 1. The molecular weight excluding hydrogens is 238 g/mol. The number of pyridine rings is 1. The van der Waals surface area contributed by atoms with Crippen LogP contribution in [-0.4, -0.2) is 36.4 Å². The van der Waals surface area contributed by atoms with Crippen molar-refractivity contribution in [3.8, 4) is 0 Å². The predicted octanol–water partition coefficient (Wildman–Crippen LogP) is 2.53. The molecule has 19 heavy (non-hydrogen) atoms. The van der Waals surface area contributed by atoms with Crippen molar-refractivity contribution in [3.05, 3.63) is 23.4 Å². The van der Waals surface area contributed by atoms with Crippen molar-refractivity contribution in [3.63, 3.8) is 0 Å². The van der Waals surface area contributed by atoms with Crippen LogP contribution in [0.1, 0.15) is 43.4 Å². The summed E-state index contributed by atoms with van der Waals surface area (Å²) in [5.74, 6) is 1.13. The highest BCUT2D eigenvalue weighted by molar-refractivity contribution is 5.74. The fraction of sp³-hybridized carbons (Fsp3) is 0.600.